The Morgan fingerprint density at radius 1 is 1.10 bits per heavy atom. The van der Waals surface area contributed by atoms with Crippen LogP contribution in [0.4, 0.5) is 19.0 Å². The molecule has 4 aromatic heterocycles. The number of nitrogens with zero attached hydrogens (tertiary/aromatic N) is 9. The molecule has 1 atom stereocenters. The van der Waals surface area contributed by atoms with Crippen molar-refractivity contribution >= 4 is 34.6 Å². The van der Waals surface area contributed by atoms with E-state index in [0.29, 0.717) is 33.8 Å². The minimum absolute atomic E-state index is 0.0683. The van der Waals surface area contributed by atoms with Gasteiger partial charge in [0.15, 0.2) is 5.82 Å². The van der Waals surface area contributed by atoms with Gasteiger partial charge >= 0.3 is 6.18 Å². The SMILES string of the molecule is Cc1cnn2c1c(/N=C/N(C)C)nc1ccc(C(=O)N(Cc3ccc(C(F)(F)F)cn3)C(C)c3ncccn3)cc12. The molecule has 4 heterocycles. The quantitative estimate of drug-likeness (QED) is 0.203. The maximum absolute atomic E-state index is 14.0. The molecule has 0 aliphatic rings. The van der Waals surface area contributed by atoms with Crippen molar-refractivity contribution in [2.45, 2.75) is 32.6 Å². The zero-order valence-corrected chi connectivity index (χ0v) is 22.7. The summed E-state index contributed by atoms with van der Waals surface area (Å²) in [6, 6.07) is 8.30. The van der Waals surface area contributed by atoms with E-state index in [4.69, 9.17) is 4.98 Å². The van der Waals surface area contributed by atoms with Gasteiger partial charge in [0, 0.05) is 38.2 Å². The van der Waals surface area contributed by atoms with E-state index in [9.17, 15) is 18.0 Å². The van der Waals surface area contributed by atoms with Crippen LogP contribution in [0.15, 0.2) is 66.2 Å². The van der Waals surface area contributed by atoms with Crippen LogP contribution in [0.5, 0.6) is 0 Å². The standard InChI is InChI=1S/C28H26F3N9O/c1-17-13-36-40-23-12-19(6-9-22(23)37-26(24(17)40)35-16-38(3)4)27(41)39(18(2)25-32-10-5-11-33-25)15-21-8-7-20(14-34-21)28(29,30)31/h5-14,16,18H,15H2,1-4H3/b35-16+. The Morgan fingerprint density at radius 3 is 2.51 bits per heavy atom. The number of carbonyl (C=O) groups excluding carboxylic acids is 1. The largest absolute Gasteiger partial charge is 0.417 e. The predicted octanol–water partition coefficient (Wildman–Crippen LogP) is 5.02. The van der Waals surface area contributed by atoms with Crippen molar-refractivity contribution in [3.63, 3.8) is 0 Å². The molecule has 210 valence electrons. The third kappa shape index (κ3) is 5.69. The van der Waals surface area contributed by atoms with Crippen LogP contribution in [0.1, 0.15) is 46.0 Å². The highest BCUT2D eigenvalue weighted by molar-refractivity contribution is 5.98. The van der Waals surface area contributed by atoms with Gasteiger partial charge in [-0.15, -0.1) is 0 Å². The second-order valence-corrected chi connectivity index (χ2v) is 9.69. The molecule has 0 spiro atoms. The van der Waals surface area contributed by atoms with E-state index in [0.717, 1.165) is 17.8 Å². The molecule has 1 aromatic carbocycles. The molecular formula is C28H26F3N9O. The van der Waals surface area contributed by atoms with Crippen molar-refractivity contribution in [1.29, 1.82) is 0 Å². The number of amides is 1. The Kier molecular flexibility index (Phi) is 7.35. The first-order chi connectivity index (χ1) is 19.5. The number of carbonyl (C=O) groups is 1. The second kappa shape index (κ2) is 10.9. The molecule has 0 saturated carbocycles. The summed E-state index contributed by atoms with van der Waals surface area (Å²) >= 11 is 0. The summed E-state index contributed by atoms with van der Waals surface area (Å²) in [5.74, 6) is 0.481. The summed E-state index contributed by atoms with van der Waals surface area (Å²) in [6.07, 6.45) is 2.73. The van der Waals surface area contributed by atoms with Crippen molar-refractivity contribution < 1.29 is 18.0 Å². The lowest BCUT2D eigenvalue weighted by Gasteiger charge is -2.28. The maximum atomic E-state index is 14.0. The summed E-state index contributed by atoms with van der Waals surface area (Å²) < 4.78 is 40.9. The van der Waals surface area contributed by atoms with Crippen LogP contribution in [-0.4, -0.2) is 65.7 Å². The summed E-state index contributed by atoms with van der Waals surface area (Å²) in [6.45, 7) is 3.59. The summed E-state index contributed by atoms with van der Waals surface area (Å²) in [7, 11) is 3.71. The average Bonchev–Trinajstić information content (AvgIpc) is 3.35. The summed E-state index contributed by atoms with van der Waals surface area (Å²) in [5, 5.41) is 4.50. The molecule has 0 fully saturated rings. The monoisotopic (exact) mass is 561 g/mol. The number of rotatable bonds is 7. The first-order valence-corrected chi connectivity index (χ1v) is 12.6. The topological polar surface area (TPSA) is 105 Å². The fourth-order valence-corrected chi connectivity index (χ4v) is 4.31. The highest BCUT2D eigenvalue weighted by Crippen LogP contribution is 2.30. The third-order valence-electron chi connectivity index (χ3n) is 6.42. The van der Waals surface area contributed by atoms with Crippen molar-refractivity contribution in [1.82, 2.24) is 39.3 Å². The first-order valence-electron chi connectivity index (χ1n) is 12.6. The Labute approximate surface area is 233 Å². The van der Waals surface area contributed by atoms with E-state index in [1.54, 1.807) is 65.5 Å². The Morgan fingerprint density at radius 2 is 1.85 bits per heavy atom. The van der Waals surface area contributed by atoms with Gasteiger partial charge in [0.25, 0.3) is 5.91 Å². The molecule has 1 amide bonds. The number of halogens is 3. The van der Waals surface area contributed by atoms with E-state index >= 15 is 0 Å². The normalized spacial score (nSPS) is 12.8. The van der Waals surface area contributed by atoms with E-state index in [1.807, 2.05) is 21.0 Å². The van der Waals surface area contributed by atoms with E-state index in [2.05, 4.69) is 25.0 Å². The van der Waals surface area contributed by atoms with E-state index in [-0.39, 0.29) is 18.1 Å². The fraction of sp³-hybridized carbons (Fsp3) is 0.250. The lowest BCUT2D eigenvalue weighted by molar-refractivity contribution is -0.137. The lowest BCUT2D eigenvalue weighted by Crippen LogP contribution is -2.34. The highest BCUT2D eigenvalue weighted by atomic mass is 19.4. The number of aliphatic imine (C=N–C) groups is 1. The molecule has 5 aromatic rings. The van der Waals surface area contributed by atoms with Crippen molar-refractivity contribution in [2.24, 2.45) is 4.99 Å². The number of hydrogen-bond acceptors (Lipinski definition) is 7. The van der Waals surface area contributed by atoms with Gasteiger partial charge in [-0.05, 0) is 55.8 Å². The maximum Gasteiger partial charge on any atom is 0.417 e. The minimum Gasteiger partial charge on any atom is -0.369 e. The van der Waals surface area contributed by atoms with Crippen LogP contribution in [0.3, 0.4) is 0 Å². The van der Waals surface area contributed by atoms with Gasteiger partial charge in [0.1, 0.15) is 11.3 Å². The molecule has 41 heavy (non-hydrogen) atoms. The number of alkyl halides is 3. The van der Waals surface area contributed by atoms with Crippen LogP contribution >= 0.6 is 0 Å². The van der Waals surface area contributed by atoms with Gasteiger partial charge in [-0.1, -0.05) is 0 Å². The number of hydrogen-bond donors (Lipinski definition) is 0. The van der Waals surface area contributed by atoms with Crippen LogP contribution < -0.4 is 0 Å². The number of pyridine rings is 1. The number of aromatic nitrogens is 6. The molecule has 13 heteroatoms. The van der Waals surface area contributed by atoms with Gasteiger partial charge in [0.2, 0.25) is 0 Å². The van der Waals surface area contributed by atoms with E-state index < -0.39 is 17.8 Å². The zero-order valence-electron chi connectivity index (χ0n) is 22.7. The zero-order chi connectivity index (χ0) is 29.3. The predicted molar refractivity (Wildman–Crippen MR) is 147 cm³/mol. The molecule has 0 aliphatic heterocycles. The number of fused-ring (bicyclic) bond motifs is 3. The third-order valence-corrected chi connectivity index (χ3v) is 6.42. The van der Waals surface area contributed by atoms with Gasteiger partial charge in [-0.2, -0.15) is 18.3 Å². The van der Waals surface area contributed by atoms with Gasteiger partial charge in [0.05, 0.1) is 47.4 Å². The van der Waals surface area contributed by atoms with Crippen LogP contribution in [0, 0.1) is 6.92 Å². The fourth-order valence-electron chi connectivity index (χ4n) is 4.31. The number of benzene rings is 1. The van der Waals surface area contributed by atoms with Crippen molar-refractivity contribution in [2.75, 3.05) is 14.1 Å². The molecule has 0 aliphatic carbocycles. The smallest absolute Gasteiger partial charge is 0.369 e. The van der Waals surface area contributed by atoms with Crippen LogP contribution in [-0.2, 0) is 12.7 Å². The molecule has 0 N–H and O–H groups in total. The van der Waals surface area contributed by atoms with Crippen molar-refractivity contribution in [3.05, 3.63) is 89.4 Å². The van der Waals surface area contributed by atoms with Gasteiger partial charge < -0.3 is 9.80 Å². The van der Waals surface area contributed by atoms with Gasteiger partial charge in [-0.3, -0.25) is 9.78 Å². The molecule has 10 nitrogen and oxygen atoms in total. The highest BCUT2D eigenvalue weighted by Gasteiger charge is 2.31. The molecule has 5 rings (SSSR count). The molecular weight excluding hydrogens is 535 g/mol. The summed E-state index contributed by atoms with van der Waals surface area (Å²) in [5.41, 5.74) is 2.49. The van der Waals surface area contributed by atoms with Crippen molar-refractivity contribution in [3.8, 4) is 0 Å². The molecule has 0 saturated heterocycles. The van der Waals surface area contributed by atoms with Crippen LogP contribution in [0.25, 0.3) is 16.6 Å². The second-order valence-electron chi connectivity index (χ2n) is 9.69. The molecule has 0 bridgehead atoms. The Bertz CT molecular complexity index is 1730. The minimum atomic E-state index is -4.51. The number of aryl methyl sites for hydroxylation is 1. The van der Waals surface area contributed by atoms with Crippen LogP contribution in [0.2, 0.25) is 0 Å². The lowest BCUT2D eigenvalue weighted by atomic mass is 10.1. The molecule has 1 unspecified atom stereocenters. The average molecular weight is 562 g/mol. The Hall–Kier alpha value is -4.94. The first kappa shape index (κ1) is 27.6. The summed E-state index contributed by atoms with van der Waals surface area (Å²) in [4.78, 5) is 39.0. The Balaban J connectivity index is 1.56. The van der Waals surface area contributed by atoms with E-state index in [1.165, 1.54) is 11.0 Å². The molecule has 0 radical (unpaired) electrons. The van der Waals surface area contributed by atoms with Gasteiger partial charge in [-0.25, -0.2) is 24.5 Å².